The van der Waals surface area contributed by atoms with Gasteiger partial charge in [-0.25, -0.2) is 4.79 Å². The van der Waals surface area contributed by atoms with Gasteiger partial charge in [-0.2, -0.15) is 0 Å². The fourth-order valence-corrected chi connectivity index (χ4v) is 1.38. The van der Waals surface area contributed by atoms with Crippen LogP contribution in [0.3, 0.4) is 0 Å². The van der Waals surface area contributed by atoms with Gasteiger partial charge in [0.25, 0.3) is 0 Å². The molecule has 1 rings (SSSR count). The van der Waals surface area contributed by atoms with E-state index in [1.54, 1.807) is 6.92 Å². The van der Waals surface area contributed by atoms with Gasteiger partial charge in [0, 0.05) is 0 Å². The van der Waals surface area contributed by atoms with Gasteiger partial charge in [-0.05, 0) is 19.4 Å². The minimum atomic E-state index is -0.358. The van der Waals surface area contributed by atoms with Crippen molar-refractivity contribution in [1.29, 1.82) is 0 Å². The maximum absolute atomic E-state index is 11.0. The van der Waals surface area contributed by atoms with Crippen LogP contribution < -0.4 is 5.73 Å². The van der Waals surface area contributed by atoms with Gasteiger partial charge >= 0.3 is 5.97 Å². The molecule has 0 aliphatic rings. The molecule has 0 aromatic heterocycles. The lowest BCUT2D eigenvalue weighted by Crippen LogP contribution is -2.20. The third kappa shape index (κ3) is 4.97. The monoisotopic (exact) mass is 237 g/mol. The number of nitrogens with two attached hydrogens (primary N) is 1. The summed E-state index contributed by atoms with van der Waals surface area (Å²) in [5.74, 6) is -0.358. The number of aryl methyl sites for hydroxylation is 1. The molecule has 1 aromatic carbocycles. The van der Waals surface area contributed by atoms with Crippen LogP contribution in [0.5, 0.6) is 0 Å². The Kier molecular flexibility index (Phi) is 5.66. The van der Waals surface area contributed by atoms with E-state index in [2.05, 4.69) is 0 Å². The van der Waals surface area contributed by atoms with Gasteiger partial charge in [0.1, 0.15) is 6.61 Å². The highest BCUT2D eigenvalue weighted by molar-refractivity contribution is 5.70. The van der Waals surface area contributed by atoms with Gasteiger partial charge < -0.3 is 15.2 Å². The van der Waals surface area contributed by atoms with Crippen LogP contribution in [0.4, 0.5) is 0 Å². The van der Waals surface area contributed by atoms with Gasteiger partial charge in [-0.15, -0.1) is 0 Å². The van der Waals surface area contributed by atoms with Crippen LogP contribution in [-0.4, -0.2) is 25.8 Å². The Labute approximate surface area is 102 Å². The standard InChI is InChI=1S/C13H19NO3/c1-3-17-13(15)9-16-8-12(14)11-6-4-10(2)5-7-11/h4-7,12H,3,8-9,14H2,1-2H3. The number of benzene rings is 1. The summed E-state index contributed by atoms with van der Waals surface area (Å²) >= 11 is 0. The largest absolute Gasteiger partial charge is 0.464 e. The summed E-state index contributed by atoms with van der Waals surface area (Å²) in [4.78, 5) is 11.0. The van der Waals surface area contributed by atoms with E-state index >= 15 is 0 Å². The number of ether oxygens (including phenoxy) is 2. The van der Waals surface area contributed by atoms with E-state index < -0.39 is 0 Å². The van der Waals surface area contributed by atoms with E-state index in [0.29, 0.717) is 13.2 Å². The molecule has 1 aromatic rings. The number of carbonyl (C=O) groups excluding carboxylic acids is 1. The maximum Gasteiger partial charge on any atom is 0.332 e. The smallest absolute Gasteiger partial charge is 0.332 e. The average molecular weight is 237 g/mol. The maximum atomic E-state index is 11.0. The molecule has 4 heteroatoms. The van der Waals surface area contributed by atoms with Gasteiger partial charge in [0.05, 0.1) is 19.3 Å². The zero-order chi connectivity index (χ0) is 12.7. The summed E-state index contributed by atoms with van der Waals surface area (Å²) in [5.41, 5.74) is 8.12. The quantitative estimate of drug-likeness (QED) is 0.763. The van der Waals surface area contributed by atoms with E-state index in [1.165, 1.54) is 5.56 Å². The van der Waals surface area contributed by atoms with Crippen LogP contribution in [0, 0.1) is 6.92 Å². The molecule has 2 N–H and O–H groups in total. The lowest BCUT2D eigenvalue weighted by atomic mass is 10.1. The Hall–Kier alpha value is -1.39. The molecule has 4 nitrogen and oxygen atoms in total. The van der Waals surface area contributed by atoms with E-state index in [9.17, 15) is 4.79 Å². The number of hydrogen-bond donors (Lipinski definition) is 1. The normalized spacial score (nSPS) is 12.2. The summed E-state index contributed by atoms with van der Waals surface area (Å²) < 4.78 is 9.94. The second-order valence-electron chi connectivity index (χ2n) is 3.84. The van der Waals surface area contributed by atoms with Crippen LogP contribution in [0.25, 0.3) is 0 Å². The second-order valence-corrected chi connectivity index (χ2v) is 3.84. The Morgan fingerprint density at radius 2 is 2.00 bits per heavy atom. The van der Waals surface area contributed by atoms with Crippen LogP contribution in [0.1, 0.15) is 24.1 Å². The minimum Gasteiger partial charge on any atom is -0.464 e. The topological polar surface area (TPSA) is 61.5 Å². The van der Waals surface area contributed by atoms with Gasteiger partial charge in [0.2, 0.25) is 0 Å². The number of rotatable bonds is 6. The van der Waals surface area contributed by atoms with Crippen molar-refractivity contribution in [2.75, 3.05) is 19.8 Å². The van der Waals surface area contributed by atoms with E-state index in [-0.39, 0.29) is 18.6 Å². The van der Waals surface area contributed by atoms with Crippen molar-refractivity contribution in [2.45, 2.75) is 19.9 Å². The van der Waals surface area contributed by atoms with Crippen LogP contribution in [-0.2, 0) is 14.3 Å². The van der Waals surface area contributed by atoms with Crippen molar-refractivity contribution in [3.05, 3.63) is 35.4 Å². The SMILES string of the molecule is CCOC(=O)COCC(N)c1ccc(C)cc1. The average Bonchev–Trinajstić information content (AvgIpc) is 2.30. The first kappa shape index (κ1) is 13.7. The molecule has 0 amide bonds. The summed E-state index contributed by atoms with van der Waals surface area (Å²) in [5, 5.41) is 0. The van der Waals surface area contributed by atoms with E-state index in [0.717, 1.165) is 5.56 Å². The lowest BCUT2D eigenvalue weighted by Gasteiger charge is -2.12. The molecule has 0 aliphatic heterocycles. The summed E-state index contributed by atoms with van der Waals surface area (Å²) in [7, 11) is 0. The molecular formula is C13H19NO3. The van der Waals surface area contributed by atoms with Crippen molar-refractivity contribution >= 4 is 5.97 Å². The zero-order valence-corrected chi connectivity index (χ0v) is 10.3. The Bertz CT molecular complexity index is 348. The van der Waals surface area contributed by atoms with Crippen LogP contribution >= 0.6 is 0 Å². The number of carbonyl (C=O) groups is 1. The first-order chi connectivity index (χ1) is 8.13. The highest BCUT2D eigenvalue weighted by Gasteiger charge is 2.07. The van der Waals surface area contributed by atoms with Crippen molar-refractivity contribution in [1.82, 2.24) is 0 Å². The third-order valence-corrected chi connectivity index (χ3v) is 2.33. The Morgan fingerprint density at radius 1 is 1.35 bits per heavy atom. The van der Waals surface area contributed by atoms with E-state index in [1.807, 2.05) is 31.2 Å². The fourth-order valence-electron chi connectivity index (χ4n) is 1.38. The second kappa shape index (κ2) is 7.04. The van der Waals surface area contributed by atoms with Gasteiger partial charge in [0.15, 0.2) is 0 Å². The van der Waals surface area contributed by atoms with Crippen molar-refractivity contribution < 1.29 is 14.3 Å². The van der Waals surface area contributed by atoms with Crippen LogP contribution in [0.15, 0.2) is 24.3 Å². The number of hydrogen-bond acceptors (Lipinski definition) is 4. The van der Waals surface area contributed by atoms with Gasteiger partial charge in [-0.1, -0.05) is 29.8 Å². The first-order valence-electron chi connectivity index (χ1n) is 5.69. The molecular weight excluding hydrogens is 218 g/mol. The summed E-state index contributed by atoms with van der Waals surface area (Å²) in [6.07, 6.45) is 0. The molecule has 0 spiro atoms. The molecule has 0 aliphatic carbocycles. The highest BCUT2D eigenvalue weighted by Crippen LogP contribution is 2.11. The molecule has 1 unspecified atom stereocenters. The molecule has 17 heavy (non-hydrogen) atoms. The summed E-state index contributed by atoms with van der Waals surface area (Å²) in [6.45, 7) is 4.41. The third-order valence-electron chi connectivity index (χ3n) is 2.33. The fraction of sp³-hybridized carbons (Fsp3) is 0.462. The predicted molar refractivity (Wildman–Crippen MR) is 65.6 cm³/mol. The van der Waals surface area contributed by atoms with Crippen molar-refractivity contribution in [3.63, 3.8) is 0 Å². The summed E-state index contributed by atoms with van der Waals surface area (Å²) in [6, 6.07) is 7.72. The molecule has 0 bridgehead atoms. The molecule has 0 saturated heterocycles. The molecule has 0 fully saturated rings. The predicted octanol–water partition coefficient (Wildman–Crippen LogP) is 1.57. The molecule has 1 atom stereocenters. The van der Waals surface area contributed by atoms with Crippen molar-refractivity contribution in [2.24, 2.45) is 5.73 Å². The van der Waals surface area contributed by atoms with Crippen molar-refractivity contribution in [3.8, 4) is 0 Å². The molecule has 0 heterocycles. The van der Waals surface area contributed by atoms with Crippen LogP contribution in [0.2, 0.25) is 0 Å². The minimum absolute atomic E-state index is 0.0482. The van der Waals surface area contributed by atoms with Gasteiger partial charge in [-0.3, -0.25) is 0 Å². The van der Waals surface area contributed by atoms with E-state index in [4.69, 9.17) is 15.2 Å². The molecule has 0 radical (unpaired) electrons. The number of esters is 1. The Morgan fingerprint density at radius 3 is 2.59 bits per heavy atom. The highest BCUT2D eigenvalue weighted by atomic mass is 16.6. The molecule has 94 valence electrons. The lowest BCUT2D eigenvalue weighted by molar-refractivity contribution is -0.148. The first-order valence-corrected chi connectivity index (χ1v) is 5.69. The zero-order valence-electron chi connectivity index (χ0n) is 10.3. The molecule has 0 saturated carbocycles. The Balaban J connectivity index is 2.32.